The molecule has 0 rings (SSSR count). The first-order chi connectivity index (χ1) is 12.8. The minimum atomic E-state index is 0.301. The van der Waals surface area contributed by atoms with Crippen molar-refractivity contribution in [3.63, 3.8) is 0 Å². The van der Waals surface area contributed by atoms with Crippen LogP contribution in [-0.4, -0.2) is 15.5 Å². The van der Waals surface area contributed by atoms with E-state index >= 15 is 0 Å². The van der Waals surface area contributed by atoms with Gasteiger partial charge in [0.15, 0.2) is 0 Å². The summed E-state index contributed by atoms with van der Waals surface area (Å²) in [6.45, 7) is 11.8. The number of rotatable bonds is 18. The van der Waals surface area contributed by atoms with Crippen LogP contribution in [0.2, 0.25) is 0 Å². The highest BCUT2D eigenvalue weighted by molar-refractivity contribution is 7.28. The van der Waals surface area contributed by atoms with Crippen LogP contribution in [0, 0.1) is 0 Å². The first-order valence-electron chi connectivity index (χ1n) is 12.2. The van der Waals surface area contributed by atoms with Gasteiger partial charge in [-0.05, 0) is 42.4 Å². The highest BCUT2D eigenvalue weighted by atomic mass is 31.0. The third kappa shape index (κ3) is 8.51. The van der Waals surface area contributed by atoms with Crippen molar-refractivity contribution in [2.75, 3.05) is 0 Å². The molecule has 5 unspecified atom stereocenters. The van der Waals surface area contributed by atoms with Crippen LogP contribution < -0.4 is 0 Å². The molecule has 0 spiro atoms. The maximum atomic E-state index is 3.50. The summed E-state index contributed by atoms with van der Waals surface area (Å²) in [5, 5.41) is 0.997. The standard InChI is InChI=1S/C24H53P3/c1-6-11-15-20-22(25,18-13-8-3)24(27,17-10-5)23(26,19-14-9-4)21-16-12-7-2/h6-21,25-27H2,1-5H3. The number of hydrogen-bond donors (Lipinski definition) is 0. The van der Waals surface area contributed by atoms with Gasteiger partial charge in [-0.25, -0.2) is 0 Å². The first-order valence-corrected chi connectivity index (χ1v) is 13.9. The highest BCUT2D eigenvalue weighted by Crippen LogP contribution is 2.60. The average Bonchev–Trinajstić information content (AvgIpc) is 2.65. The summed E-state index contributed by atoms with van der Waals surface area (Å²) in [6.07, 6.45) is 21.6. The van der Waals surface area contributed by atoms with Crippen molar-refractivity contribution in [1.29, 1.82) is 0 Å². The summed E-state index contributed by atoms with van der Waals surface area (Å²) in [5.41, 5.74) is 0. The maximum absolute atomic E-state index is 3.50. The quantitative estimate of drug-likeness (QED) is 0.149. The van der Waals surface area contributed by atoms with Gasteiger partial charge in [-0.1, -0.05) is 105 Å². The Morgan fingerprint density at radius 2 is 0.741 bits per heavy atom. The van der Waals surface area contributed by atoms with E-state index in [4.69, 9.17) is 0 Å². The van der Waals surface area contributed by atoms with Crippen molar-refractivity contribution in [2.24, 2.45) is 0 Å². The Morgan fingerprint density at radius 3 is 1.04 bits per heavy atom. The molecule has 5 atom stereocenters. The molecule has 0 aliphatic carbocycles. The van der Waals surface area contributed by atoms with Gasteiger partial charge in [0.05, 0.1) is 0 Å². The number of hydrogen-bond acceptors (Lipinski definition) is 0. The minimum Gasteiger partial charge on any atom is -0.130 e. The van der Waals surface area contributed by atoms with E-state index in [9.17, 15) is 0 Å². The third-order valence-corrected chi connectivity index (χ3v) is 11.1. The van der Waals surface area contributed by atoms with Crippen LogP contribution in [0.5, 0.6) is 0 Å². The normalized spacial score (nSPS) is 18.7. The molecule has 0 saturated heterocycles. The Balaban J connectivity index is 5.88. The first kappa shape index (κ1) is 28.3. The van der Waals surface area contributed by atoms with Crippen molar-refractivity contribution >= 4 is 27.7 Å². The van der Waals surface area contributed by atoms with E-state index in [1.807, 2.05) is 0 Å². The lowest BCUT2D eigenvalue weighted by molar-refractivity contribution is 0.244. The van der Waals surface area contributed by atoms with Gasteiger partial charge in [-0.15, -0.1) is 27.7 Å². The zero-order valence-electron chi connectivity index (χ0n) is 19.5. The predicted molar refractivity (Wildman–Crippen MR) is 140 cm³/mol. The van der Waals surface area contributed by atoms with E-state index in [0.29, 0.717) is 15.5 Å². The molecule has 0 fully saturated rings. The molecule has 164 valence electrons. The molecule has 0 bridgehead atoms. The fraction of sp³-hybridized carbons (Fsp3) is 1.00. The maximum Gasteiger partial charge on any atom is 0.00304 e. The molecule has 0 aromatic carbocycles. The molecule has 0 amide bonds. The van der Waals surface area contributed by atoms with Crippen molar-refractivity contribution < 1.29 is 0 Å². The lowest BCUT2D eigenvalue weighted by Crippen LogP contribution is -2.58. The largest absolute Gasteiger partial charge is 0.130 e. The molecule has 0 heterocycles. The molecule has 0 saturated carbocycles. The van der Waals surface area contributed by atoms with Crippen LogP contribution in [0.3, 0.4) is 0 Å². The van der Waals surface area contributed by atoms with Crippen molar-refractivity contribution in [3.05, 3.63) is 0 Å². The van der Waals surface area contributed by atoms with Crippen LogP contribution in [-0.2, 0) is 0 Å². The van der Waals surface area contributed by atoms with E-state index in [2.05, 4.69) is 62.3 Å². The lowest BCUT2D eigenvalue weighted by Gasteiger charge is -2.58. The molecule has 27 heavy (non-hydrogen) atoms. The smallest absolute Gasteiger partial charge is 0.00304 e. The van der Waals surface area contributed by atoms with E-state index in [1.54, 1.807) is 0 Å². The van der Waals surface area contributed by atoms with Gasteiger partial charge in [0.1, 0.15) is 0 Å². The molecule has 0 radical (unpaired) electrons. The molecule has 0 N–H and O–H groups in total. The average molecular weight is 435 g/mol. The molecule has 0 aromatic heterocycles. The third-order valence-electron chi connectivity index (χ3n) is 6.83. The molecule has 0 aromatic rings. The Hall–Kier alpha value is 1.29. The van der Waals surface area contributed by atoms with Gasteiger partial charge in [-0.3, -0.25) is 0 Å². The van der Waals surface area contributed by atoms with E-state index in [-0.39, 0.29) is 0 Å². The molecule has 0 aliphatic rings. The highest BCUT2D eigenvalue weighted by Gasteiger charge is 2.53. The summed E-state index contributed by atoms with van der Waals surface area (Å²) in [4.78, 5) is 0. The Kier molecular flexibility index (Phi) is 15.9. The molecule has 3 heteroatoms. The van der Waals surface area contributed by atoms with Gasteiger partial charge < -0.3 is 0 Å². The van der Waals surface area contributed by atoms with Gasteiger partial charge in [0.25, 0.3) is 0 Å². The Bertz CT molecular complexity index is 330. The van der Waals surface area contributed by atoms with E-state index < -0.39 is 0 Å². The number of unbranched alkanes of at least 4 members (excludes halogenated alkanes) is 6. The minimum absolute atomic E-state index is 0.301. The monoisotopic (exact) mass is 434 g/mol. The summed E-state index contributed by atoms with van der Waals surface area (Å²) in [6, 6.07) is 0. The topological polar surface area (TPSA) is 0 Å². The van der Waals surface area contributed by atoms with E-state index in [1.165, 1.54) is 103 Å². The van der Waals surface area contributed by atoms with Gasteiger partial charge >= 0.3 is 0 Å². The summed E-state index contributed by atoms with van der Waals surface area (Å²) in [7, 11) is 10.4. The Labute approximate surface area is 180 Å². The lowest BCUT2D eigenvalue weighted by atomic mass is 9.68. The van der Waals surface area contributed by atoms with Gasteiger partial charge in [0.2, 0.25) is 0 Å². The van der Waals surface area contributed by atoms with Crippen LogP contribution in [0.25, 0.3) is 0 Å². The fourth-order valence-corrected chi connectivity index (χ4v) is 7.61. The zero-order chi connectivity index (χ0) is 20.8. The van der Waals surface area contributed by atoms with Crippen LogP contribution in [0.4, 0.5) is 0 Å². The second-order valence-electron chi connectivity index (χ2n) is 9.15. The van der Waals surface area contributed by atoms with Crippen LogP contribution >= 0.6 is 27.7 Å². The molecular weight excluding hydrogens is 381 g/mol. The van der Waals surface area contributed by atoms with Crippen LogP contribution in [0.1, 0.15) is 137 Å². The SMILES string of the molecule is CCCCCC(P)(CCCC)C(P)(CCC)C(P)(CCCC)CCCCC. The van der Waals surface area contributed by atoms with E-state index in [0.717, 1.165) is 0 Å². The molecule has 0 nitrogen and oxygen atoms in total. The Morgan fingerprint density at radius 1 is 0.407 bits per heavy atom. The van der Waals surface area contributed by atoms with Crippen LogP contribution in [0.15, 0.2) is 0 Å². The van der Waals surface area contributed by atoms with Crippen molar-refractivity contribution in [2.45, 2.75) is 153 Å². The summed E-state index contributed by atoms with van der Waals surface area (Å²) in [5.74, 6) is 0. The van der Waals surface area contributed by atoms with Gasteiger partial charge in [-0.2, -0.15) is 0 Å². The molecular formula is C24H53P3. The van der Waals surface area contributed by atoms with Crippen molar-refractivity contribution in [1.82, 2.24) is 0 Å². The summed E-state index contributed by atoms with van der Waals surface area (Å²) < 4.78 is 0. The predicted octanol–water partition coefficient (Wildman–Crippen LogP) is 9.17. The second-order valence-corrected chi connectivity index (χ2v) is 12.4. The summed E-state index contributed by atoms with van der Waals surface area (Å²) >= 11 is 0. The van der Waals surface area contributed by atoms with Gasteiger partial charge in [0, 0.05) is 5.16 Å². The second kappa shape index (κ2) is 15.1. The van der Waals surface area contributed by atoms with Crippen molar-refractivity contribution in [3.8, 4) is 0 Å². The molecule has 0 aliphatic heterocycles. The zero-order valence-corrected chi connectivity index (χ0v) is 23.0. The fourth-order valence-electron chi connectivity index (χ4n) is 4.90.